The Balaban J connectivity index is 1.58. The number of anilines is 1. The molecule has 1 aromatic heterocycles. The van der Waals surface area contributed by atoms with Crippen LogP contribution in [0.15, 0.2) is 36.4 Å². The molecule has 3 aromatic rings. The van der Waals surface area contributed by atoms with Crippen molar-refractivity contribution in [3.63, 3.8) is 0 Å². The van der Waals surface area contributed by atoms with Gasteiger partial charge in [-0.1, -0.05) is 6.07 Å². The molecule has 1 saturated heterocycles. The van der Waals surface area contributed by atoms with Crippen LogP contribution in [0.1, 0.15) is 31.2 Å². The van der Waals surface area contributed by atoms with Gasteiger partial charge in [0.25, 0.3) is 11.8 Å². The number of carbonyl (C=O) groups excluding carboxylic acids is 2. The third-order valence-electron chi connectivity index (χ3n) is 5.28. The number of rotatable bonds is 5. The number of ether oxygens (including phenoxy) is 1. The summed E-state index contributed by atoms with van der Waals surface area (Å²) in [7, 11) is 1.52. The van der Waals surface area contributed by atoms with Crippen molar-refractivity contribution in [2.24, 2.45) is 0 Å². The van der Waals surface area contributed by atoms with Crippen LogP contribution in [0.2, 0.25) is 0 Å². The lowest BCUT2D eigenvalue weighted by Crippen LogP contribution is -2.37. The summed E-state index contributed by atoms with van der Waals surface area (Å²) in [5, 5.41) is 3.34. The lowest BCUT2D eigenvalue weighted by Gasteiger charge is -2.26. The summed E-state index contributed by atoms with van der Waals surface area (Å²) in [5.41, 5.74) is 2.58. The predicted octanol–water partition coefficient (Wildman–Crippen LogP) is 4.94. The molecule has 0 unspecified atom stereocenters. The molecule has 162 valence electrons. The number of carbonyl (C=O) groups is 2. The summed E-state index contributed by atoms with van der Waals surface area (Å²) in [6.07, 6.45) is 0. The van der Waals surface area contributed by atoms with Gasteiger partial charge in [-0.15, -0.1) is 11.3 Å². The largest absolute Gasteiger partial charge is 0.380 e. The highest BCUT2D eigenvalue weighted by molar-refractivity contribution is 7.99. The number of amides is 2. The summed E-state index contributed by atoms with van der Waals surface area (Å²) in [6.45, 7) is 3.51. The monoisotopic (exact) mass is 458 g/mol. The van der Waals surface area contributed by atoms with Crippen LogP contribution in [0.3, 0.4) is 0 Å². The second-order valence-electron chi connectivity index (χ2n) is 7.34. The minimum absolute atomic E-state index is 0.0173. The molecule has 0 aliphatic carbocycles. The number of thiophene rings is 1. The molecule has 31 heavy (non-hydrogen) atoms. The number of nitrogens with one attached hydrogen (secondary N) is 1. The molecule has 2 amide bonds. The summed E-state index contributed by atoms with van der Waals surface area (Å²) in [4.78, 5) is 28.1. The molecular weight excluding hydrogens is 435 g/mol. The van der Waals surface area contributed by atoms with Crippen LogP contribution in [-0.4, -0.2) is 48.4 Å². The van der Waals surface area contributed by atoms with Gasteiger partial charge in [0.15, 0.2) is 0 Å². The molecule has 0 saturated carbocycles. The second-order valence-corrected chi connectivity index (χ2v) is 9.62. The number of methoxy groups -OCH3 is 1. The van der Waals surface area contributed by atoms with E-state index in [9.17, 15) is 14.0 Å². The average molecular weight is 459 g/mol. The minimum atomic E-state index is -0.366. The molecule has 2 heterocycles. The third kappa shape index (κ3) is 4.46. The van der Waals surface area contributed by atoms with Crippen molar-refractivity contribution < 1.29 is 18.7 Å². The molecule has 1 N–H and O–H groups in total. The maximum absolute atomic E-state index is 14.4. The van der Waals surface area contributed by atoms with Crippen molar-refractivity contribution in [2.45, 2.75) is 13.5 Å². The summed E-state index contributed by atoms with van der Waals surface area (Å²) >= 11 is 3.10. The zero-order valence-corrected chi connectivity index (χ0v) is 19.0. The van der Waals surface area contributed by atoms with Crippen molar-refractivity contribution in [2.75, 3.05) is 37.0 Å². The molecule has 8 heteroatoms. The van der Waals surface area contributed by atoms with E-state index >= 15 is 0 Å². The van der Waals surface area contributed by atoms with E-state index < -0.39 is 0 Å². The summed E-state index contributed by atoms with van der Waals surface area (Å²) in [6, 6.07) is 10.1. The highest BCUT2D eigenvalue weighted by Gasteiger charge is 2.22. The zero-order chi connectivity index (χ0) is 22.0. The fourth-order valence-electron chi connectivity index (χ4n) is 3.70. The smallest absolute Gasteiger partial charge is 0.266 e. The topological polar surface area (TPSA) is 58.6 Å². The number of thioether (sulfide) groups is 1. The zero-order valence-electron chi connectivity index (χ0n) is 17.4. The Morgan fingerprint density at radius 3 is 2.68 bits per heavy atom. The van der Waals surface area contributed by atoms with Gasteiger partial charge < -0.3 is 15.0 Å². The number of aryl methyl sites for hydroxylation is 1. The first kappa shape index (κ1) is 21.8. The molecule has 1 aliphatic rings. The van der Waals surface area contributed by atoms with Crippen LogP contribution in [0.4, 0.5) is 10.1 Å². The standard InChI is InChI=1S/C23H23FN2O3S2/c1-14-12-15(23(28)26-8-10-30-11-9-26)6-7-18(14)25-22(27)21-16(13-29-2)20-17(24)4-3-5-19(20)31-21/h3-7,12H,8-11,13H2,1-2H3,(H,25,27). The van der Waals surface area contributed by atoms with E-state index in [1.165, 1.54) is 24.5 Å². The number of fused-ring (bicyclic) bond motifs is 1. The summed E-state index contributed by atoms with van der Waals surface area (Å²) < 4.78 is 20.3. The second kappa shape index (κ2) is 9.38. The van der Waals surface area contributed by atoms with Crippen molar-refractivity contribution in [3.8, 4) is 0 Å². The fraction of sp³-hybridized carbons (Fsp3) is 0.304. The van der Waals surface area contributed by atoms with Crippen molar-refractivity contribution >= 4 is 50.7 Å². The minimum Gasteiger partial charge on any atom is -0.380 e. The van der Waals surface area contributed by atoms with E-state index in [2.05, 4.69) is 5.32 Å². The van der Waals surface area contributed by atoms with Gasteiger partial charge in [-0.2, -0.15) is 11.8 Å². The van der Waals surface area contributed by atoms with Crippen LogP contribution in [0.5, 0.6) is 0 Å². The first-order chi connectivity index (χ1) is 15.0. The van der Waals surface area contributed by atoms with Crippen LogP contribution >= 0.6 is 23.1 Å². The van der Waals surface area contributed by atoms with Crippen LogP contribution in [0.25, 0.3) is 10.1 Å². The van der Waals surface area contributed by atoms with Crippen LogP contribution < -0.4 is 5.32 Å². The highest BCUT2D eigenvalue weighted by atomic mass is 32.2. The number of nitrogens with zero attached hydrogens (tertiary/aromatic N) is 1. The van der Waals surface area contributed by atoms with Crippen molar-refractivity contribution in [1.82, 2.24) is 4.90 Å². The SMILES string of the molecule is COCc1c(C(=O)Nc2ccc(C(=O)N3CCSCC3)cc2C)sc2cccc(F)c12. The van der Waals surface area contributed by atoms with Gasteiger partial charge in [0.05, 0.1) is 11.5 Å². The van der Waals surface area contributed by atoms with Crippen molar-refractivity contribution in [1.29, 1.82) is 0 Å². The number of hydrogen-bond donors (Lipinski definition) is 1. The molecule has 1 fully saturated rings. The maximum Gasteiger partial charge on any atom is 0.266 e. The number of halogens is 1. The van der Waals surface area contributed by atoms with Crippen molar-refractivity contribution in [3.05, 3.63) is 63.8 Å². The van der Waals surface area contributed by atoms with Gasteiger partial charge >= 0.3 is 0 Å². The van der Waals surface area contributed by atoms with Crippen LogP contribution in [-0.2, 0) is 11.3 Å². The van der Waals surface area contributed by atoms with E-state index in [-0.39, 0.29) is 24.2 Å². The Morgan fingerprint density at radius 1 is 1.19 bits per heavy atom. The molecule has 1 aliphatic heterocycles. The van der Waals surface area contributed by atoms with E-state index in [1.807, 2.05) is 23.6 Å². The lowest BCUT2D eigenvalue weighted by atomic mass is 10.1. The van der Waals surface area contributed by atoms with Crippen LogP contribution in [0, 0.1) is 12.7 Å². The van der Waals surface area contributed by atoms with Gasteiger partial charge in [-0.25, -0.2) is 4.39 Å². The fourth-order valence-corrected chi connectivity index (χ4v) is 5.72. The van der Waals surface area contributed by atoms with Gasteiger partial charge in [0.1, 0.15) is 5.82 Å². The third-order valence-corrected chi connectivity index (χ3v) is 7.42. The van der Waals surface area contributed by atoms with Gasteiger partial charge in [0, 0.05) is 58.6 Å². The molecule has 0 spiro atoms. The molecule has 0 bridgehead atoms. The average Bonchev–Trinajstić information content (AvgIpc) is 3.15. The first-order valence-corrected chi connectivity index (χ1v) is 11.9. The maximum atomic E-state index is 14.4. The Hall–Kier alpha value is -2.42. The normalized spacial score (nSPS) is 14.1. The van der Waals surface area contributed by atoms with E-state index in [1.54, 1.807) is 30.3 Å². The van der Waals surface area contributed by atoms with E-state index in [0.717, 1.165) is 30.2 Å². The van der Waals surface area contributed by atoms with Gasteiger partial charge in [-0.05, 0) is 42.8 Å². The quantitative estimate of drug-likeness (QED) is 0.589. The first-order valence-electron chi connectivity index (χ1n) is 9.97. The van der Waals surface area contributed by atoms with E-state index in [4.69, 9.17) is 4.74 Å². The Morgan fingerprint density at radius 2 is 1.97 bits per heavy atom. The Labute approximate surface area is 188 Å². The van der Waals surface area contributed by atoms with Gasteiger partial charge in [0.2, 0.25) is 0 Å². The molecular formula is C23H23FN2O3S2. The number of hydrogen-bond acceptors (Lipinski definition) is 5. The predicted molar refractivity (Wildman–Crippen MR) is 125 cm³/mol. The molecule has 4 rings (SSSR count). The number of benzene rings is 2. The molecule has 0 radical (unpaired) electrons. The molecule has 5 nitrogen and oxygen atoms in total. The molecule has 0 atom stereocenters. The lowest BCUT2D eigenvalue weighted by molar-refractivity contribution is 0.0772. The molecule has 2 aromatic carbocycles. The van der Waals surface area contributed by atoms with E-state index in [0.29, 0.717) is 31.8 Å². The highest BCUT2D eigenvalue weighted by Crippen LogP contribution is 2.34. The van der Waals surface area contributed by atoms with Gasteiger partial charge in [-0.3, -0.25) is 9.59 Å². The Bertz CT molecular complexity index is 1140. The Kier molecular flexibility index (Phi) is 6.60. The summed E-state index contributed by atoms with van der Waals surface area (Å²) in [5.74, 6) is 1.25.